The van der Waals surface area contributed by atoms with E-state index >= 15 is 0 Å². The Bertz CT molecular complexity index is 163. The van der Waals surface area contributed by atoms with E-state index in [9.17, 15) is 4.39 Å². The van der Waals surface area contributed by atoms with Crippen molar-refractivity contribution in [3.63, 3.8) is 0 Å². The highest BCUT2D eigenvalue weighted by molar-refractivity contribution is 5.08. The quantitative estimate of drug-likeness (QED) is 0.576. The van der Waals surface area contributed by atoms with Crippen LogP contribution in [0.1, 0.15) is 27.2 Å². The molecule has 1 heterocycles. The van der Waals surface area contributed by atoms with Gasteiger partial charge in [-0.15, -0.1) is 0 Å². The summed E-state index contributed by atoms with van der Waals surface area (Å²) in [6.45, 7) is 6.21. The van der Waals surface area contributed by atoms with Gasteiger partial charge in [-0.2, -0.15) is 0 Å². The Morgan fingerprint density at radius 2 is 2.27 bits per heavy atom. The number of halogens is 1. The topological polar surface area (TPSA) is 12.0 Å². The summed E-state index contributed by atoms with van der Waals surface area (Å²) in [7, 11) is 0. The van der Waals surface area contributed by atoms with Crippen molar-refractivity contribution in [2.75, 3.05) is 0 Å². The molecule has 0 aliphatic carbocycles. The largest absolute Gasteiger partial charge is 0.362 e. The lowest BCUT2D eigenvalue weighted by molar-refractivity contribution is 0.198. The predicted octanol–water partition coefficient (Wildman–Crippen LogP) is 2.45. The van der Waals surface area contributed by atoms with Crippen LogP contribution in [0.5, 0.6) is 0 Å². The Hall–Kier alpha value is -0.530. The average molecular weight is 157 g/mol. The van der Waals surface area contributed by atoms with E-state index in [4.69, 9.17) is 0 Å². The number of alkyl halides is 1. The SMILES string of the molecule is CC(C)C1=CNC(F)C(C)C1. The summed E-state index contributed by atoms with van der Waals surface area (Å²) >= 11 is 0. The van der Waals surface area contributed by atoms with Gasteiger partial charge in [0.25, 0.3) is 0 Å². The van der Waals surface area contributed by atoms with Gasteiger partial charge >= 0.3 is 0 Å². The number of rotatable bonds is 1. The van der Waals surface area contributed by atoms with Crippen molar-refractivity contribution in [3.8, 4) is 0 Å². The zero-order valence-electron chi connectivity index (χ0n) is 7.39. The van der Waals surface area contributed by atoms with Crippen molar-refractivity contribution in [1.29, 1.82) is 0 Å². The minimum Gasteiger partial charge on any atom is -0.362 e. The minimum atomic E-state index is -0.850. The van der Waals surface area contributed by atoms with Gasteiger partial charge in [0.15, 0.2) is 6.30 Å². The molecule has 0 amide bonds. The molecule has 0 saturated carbocycles. The lowest BCUT2D eigenvalue weighted by Gasteiger charge is -2.26. The molecule has 0 aromatic rings. The molecule has 0 aromatic heterocycles. The van der Waals surface area contributed by atoms with Crippen LogP contribution in [0.3, 0.4) is 0 Å². The smallest absolute Gasteiger partial charge is 0.172 e. The highest BCUT2D eigenvalue weighted by Gasteiger charge is 2.21. The molecule has 2 heteroatoms. The fourth-order valence-corrected chi connectivity index (χ4v) is 1.29. The Kier molecular flexibility index (Phi) is 2.53. The Morgan fingerprint density at radius 1 is 1.64 bits per heavy atom. The zero-order chi connectivity index (χ0) is 8.43. The molecule has 0 aromatic carbocycles. The monoisotopic (exact) mass is 157 g/mol. The molecular formula is C9H16FN. The second-order valence-electron chi connectivity index (χ2n) is 3.62. The third kappa shape index (κ3) is 1.95. The van der Waals surface area contributed by atoms with Crippen LogP contribution >= 0.6 is 0 Å². The van der Waals surface area contributed by atoms with E-state index in [1.165, 1.54) is 5.57 Å². The second kappa shape index (κ2) is 3.24. The molecule has 0 saturated heterocycles. The fourth-order valence-electron chi connectivity index (χ4n) is 1.29. The molecule has 1 N–H and O–H groups in total. The van der Waals surface area contributed by atoms with Crippen molar-refractivity contribution in [1.82, 2.24) is 5.32 Å². The molecule has 1 nitrogen and oxygen atoms in total. The van der Waals surface area contributed by atoms with Crippen molar-refractivity contribution in [2.45, 2.75) is 33.5 Å². The van der Waals surface area contributed by atoms with Gasteiger partial charge in [-0.1, -0.05) is 26.3 Å². The maximum absolute atomic E-state index is 12.9. The highest BCUT2D eigenvalue weighted by Crippen LogP contribution is 2.25. The first-order valence-electron chi connectivity index (χ1n) is 4.20. The summed E-state index contributed by atoms with van der Waals surface area (Å²) in [4.78, 5) is 0. The lowest BCUT2D eigenvalue weighted by atomic mass is 9.91. The van der Waals surface area contributed by atoms with Gasteiger partial charge in [-0.05, 0) is 18.5 Å². The molecule has 2 atom stereocenters. The van der Waals surface area contributed by atoms with Crippen LogP contribution in [0, 0.1) is 11.8 Å². The summed E-state index contributed by atoms with van der Waals surface area (Å²) in [5.74, 6) is 0.662. The molecule has 0 spiro atoms. The summed E-state index contributed by atoms with van der Waals surface area (Å²) in [6.07, 6.45) is 1.87. The average Bonchev–Trinajstić information content (AvgIpc) is 1.94. The van der Waals surface area contributed by atoms with E-state index < -0.39 is 6.30 Å². The second-order valence-corrected chi connectivity index (χ2v) is 3.62. The van der Waals surface area contributed by atoms with Crippen LogP contribution in [0.25, 0.3) is 0 Å². The van der Waals surface area contributed by atoms with Gasteiger partial charge in [-0.3, -0.25) is 0 Å². The minimum absolute atomic E-state index is 0.123. The summed E-state index contributed by atoms with van der Waals surface area (Å²) < 4.78 is 12.9. The van der Waals surface area contributed by atoms with E-state index in [2.05, 4.69) is 19.2 Å². The first-order chi connectivity index (χ1) is 5.11. The summed E-state index contributed by atoms with van der Waals surface area (Å²) in [5, 5.41) is 2.73. The number of nitrogens with one attached hydrogen (secondary N) is 1. The van der Waals surface area contributed by atoms with E-state index in [0.29, 0.717) is 5.92 Å². The summed E-state index contributed by atoms with van der Waals surface area (Å²) in [5.41, 5.74) is 1.33. The number of allylic oxidation sites excluding steroid dienone is 1. The highest BCUT2D eigenvalue weighted by atomic mass is 19.1. The Balaban J connectivity index is 2.59. The summed E-state index contributed by atoms with van der Waals surface area (Å²) in [6, 6.07) is 0. The third-order valence-corrected chi connectivity index (χ3v) is 2.23. The molecule has 64 valence electrons. The van der Waals surface area contributed by atoms with Crippen LogP contribution in [0.15, 0.2) is 11.8 Å². The van der Waals surface area contributed by atoms with Crippen LogP contribution in [-0.4, -0.2) is 6.30 Å². The molecule has 1 aliphatic heterocycles. The van der Waals surface area contributed by atoms with Crippen LogP contribution in [-0.2, 0) is 0 Å². The molecule has 1 aliphatic rings. The Labute approximate surface area is 67.7 Å². The maximum Gasteiger partial charge on any atom is 0.172 e. The van der Waals surface area contributed by atoms with E-state index in [-0.39, 0.29) is 5.92 Å². The number of hydrogen-bond acceptors (Lipinski definition) is 1. The molecule has 11 heavy (non-hydrogen) atoms. The molecule has 1 rings (SSSR count). The van der Waals surface area contributed by atoms with Gasteiger partial charge in [0.2, 0.25) is 0 Å². The fraction of sp³-hybridized carbons (Fsp3) is 0.778. The van der Waals surface area contributed by atoms with Crippen LogP contribution in [0.2, 0.25) is 0 Å². The van der Waals surface area contributed by atoms with E-state index in [1.54, 1.807) is 0 Å². The normalized spacial score (nSPS) is 31.5. The van der Waals surface area contributed by atoms with Gasteiger partial charge in [0, 0.05) is 5.92 Å². The van der Waals surface area contributed by atoms with E-state index in [1.807, 2.05) is 13.1 Å². The Morgan fingerprint density at radius 3 is 2.73 bits per heavy atom. The molecule has 2 unspecified atom stereocenters. The van der Waals surface area contributed by atoms with Crippen LogP contribution in [0.4, 0.5) is 4.39 Å². The number of hydrogen-bond donors (Lipinski definition) is 1. The molecular weight excluding hydrogens is 141 g/mol. The van der Waals surface area contributed by atoms with Gasteiger partial charge < -0.3 is 5.32 Å². The molecule has 0 fully saturated rings. The van der Waals surface area contributed by atoms with Crippen molar-refractivity contribution >= 4 is 0 Å². The van der Waals surface area contributed by atoms with Crippen molar-refractivity contribution in [2.24, 2.45) is 11.8 Å². The lowest BCUT2D eigenvalue weighted by Crippen LogP contribution is -2.32. The van der Waals surface area contributed by atoms with Crippen molar-refractivity contribution < 1.29 is 4.39 Å². The van der Waals surface area contributed by atoms with Crippen molar-refractivity contribution in [3.05, 3.63) is 11.8 Å². The molecule has 0 radical (unpaired) electrons. The van der Waals surface area contributed by atoms with Gasteiger partial charge in [-0.25, -0.2) is 4.39 Å². The first-order valence-corrected chi connectivity index (χ1v) is 4.20. The maximum atomic E-state index is 12.9. The third-order valence-electron chi connectivity index (χ3n) is 2.23. The van der Waals surface area contributed by atoms with E-state index in [0.717, 1.165) is 6.42 Å². The van der Waals surface area contributed by atoms with Crippen LogP contribution < -0.4 is 5.32 Å². The first kappa shape index (κ1) is 8.57. The predicted molar refractivity (Wildman–Crippen MR) is 44.7 cm³/mol. The zero-order valence-corrected chi connectivity index (χ0v) is 7.39. The molecule has 0 bridgehead atoms. The standard InChI is InChI=1S/C9H16FN/c1-6(2)8-4-7(3)9(10)11-5-8/h5-7,9,11H,4H2,1-3H3. The van der Waals surface area contributed by atoms with Gasteiger partial charge in [0.05, 0.1) is 0 Å². The van der Waals surface area contributed by atoms with Gasteiger partial charge in [0.1, 0.15) is 0 Å².